The largest absolute Gasteiger partial charge is 0.439 e. The first-order chi connectivity index (χ1) is 8.19. The first-order valence-corrected chi connectivity index (χ1v) is 5.50. The quantitative estimate of drug-likeness (QED) is 0.907. The first kappa shape index (κ1) is 11.7. The maximum atomic E-state index is 5.88. The molecule has 17 heavy (non-hydrogen) atoms. The Balaban J connectivity index is 2.25. The predicted octanol–water partition coefficient (Wildman–Crippen LogP) is 3.27. The van der Waals surface area contributed by atoms with Gasteiger partial charge in [-0.15, -0.1) is 0 Å². The van der Waals surface area contributed by atoms with E-state index in [1.165, 1.54) is 6.33 Å². The zero-order valence-corrected chi connectivity index (χ0v) is 10.3. The maximum absolute atomic E-state index is 5.88. The zero-order chi connectivity index (χ0) is 12.3. The van der Waals surface area contributed by atoms with Gasteiger partial charge in [-0.2, -0.15) is 0 Å². The molecule has 1 N–H and O–H groups in total. The number of nitrogens with zero attached hydrogens (tertiary/aromatic N) is 2. The van der Waals surface area contributed by atoms with Crippen LogP contribution in [0.3, 0.4) is 0 Å². The Hall–Kier alpha value is -1.81. The number of halogens is 1. The standard InChI is InChI=1S/C12H12ClN3O/c1-8-5-9(13)3-4-10(8)17-12-6-11(14-2)15-7-16-12/h3-7H,1-2H3,(H,14,15,16). The molecule has 0 spiro atoms. The SMILES string of the molecule is CNc1cc(Oc2ccc(Cl)cc2C)ncn1. The van der Waals surface area contributed by atoms with Gasteiger partial charge in [0.25, 0.3) is 0 Å². The molecule has 0 saturated carbocycles. The fraction of sp³-hybridized carbons (Fsp3) is 0.167. The van der Waals surface area contributed by atoms with Gasteiger partial charge in [-0.25, -0.2) is 9.97 Å². The number of aryl methyl sites for hydroxylation is 1. The van der Waals surface area contributed by atoms with Crippen LogP contribution in [0.2, 0.25) is 5.02 Å². The minimum atomic E-state index is 0.495. The molecule has 1 aromatic carbocycles. The van der Waals surface area contributed by atoms with Crippen LogP contribution in [0.15, 0.2) is 30.6 Å². The Kier molecular flexibility index (Phi) is 3.44. The number of nitrogens with one attached hydrogen (secondary N) is 1. The normalized spacial score (nSPS) is 10.1. The van der Waals surface area contributed by atoms with Crippen molar-refractivity contribution in [2.45, 2.75) is 6.92 Å². The van der Waals surface area contributed by atoms with Gasteiger partial charge in [0.1, 0.15) is 17.9 Å². The maximum Gasteiger partial charge on any atom is 0.224 e. The van der Waals surface area contributed by atoms with Gasteiger partial charge in [0, 0.05) is 18.1 Å². The summed E-state index contributed by atoms with van der Waals surface area (Å²) in [5.74, 6) is 1.94. The predicted molar refractivity (Wildman–Crippen MR) is 67.8 cm³/mol. The van der Waals surface area contributed by atoms with Crippen LogP contribution in [0, 0.1) is 6.92 Å². The number of hydrogen-bond donors (Lipinski definition) is 1. The van der Waals surface area contributed by atoms with Crippen LogP contribution in [0.5, 0.6) is 11.6 Å². The van der Waals surface area contributed by atoms with E-state index < -0.39 is 0 Å². The van der Waals surface area contributed by atoms with E-state index in [9.17, 15) is 0 Å². The average molecular weight is 250 g/mol. The minimum Gasteiger partial charge on any atom is -0.439 e. The van der Waals surface area contributed by atoms with Gasteiger partial charge in [0.05, 0.1) is 0 Å². The average Bonchev–Trinajstić information content (AvgIpc) is 2.33. The second kappa shape index (κ2) is 5.01. The summed E-state index contributed by atoms with van der Waals surface area (Å²) in [5.41, 5.74) is 0.960. The molecule has 2 rings (SSSR count). The Morgan fingerprint density at radius 3 is 2.76 bits per heavy atom. The summed E-state index contributed by atoms with van der Waals surface area (Å²) < 4.78 is 5.66. The van der Waals surface area contributed by atoms with Crippen molar-refractivity contribution in [3.63, 3.8) is 0 Å². The highest BCUT2D eigenvalue weighted by atomic mass is 35.5. The lowest BCUT2D eigenvalue weighted by Gasteiger charge is -2.08. The fourth-order valence-corrected chi connectivity index (χ4v) is 1.60. The summed E-state index contributed by atoms with van der Waals surface area (Å²) in [5, 5.41) is 3.61. The van der Waals surface area contributed by atoms with E-state index in [1.54, 1.807) is 19.2 Å². The van der Waals surface area contributed by atoms with E-state index in [1.807, 2.05) is 19.1 Å². The van der Waals surface area contributed by atoms with E-state index in [-0.39, 0.29) is 0 Å². The van der Waals surface area contributed by atoms with Gasteiger partial charge in [-0.1, -0.05) is 11.6 Å². The molecule has 88 valence electrons. The molecule has 1 heterocycles. The van der Waals surface area contributed by atoms with E-state index in [0.717, 1.165) is 11.3 Å². The van der Waals surface area contributed by atoms with Crippen molar-refractivity contribution < 1.29 is 4.74 Å². The molecule has 1 aromatic heterocycles. The van der Waals surface area contributed by atoms with Crippen LogP contribution in [-0.2, 0) is 0 Å². The monoisotopic (exact) mass is 249 g/mol. The van der Waals surface area contributed by atoms with Gasteiger partial charge in [-0.05, 0) is 30.7 Å². The Bertz CT molecular complexity index is 531. The molecule has 0 amide bonds. The number of hydrogen-bond acceptors (Lipinski definition) is 4. The Morgan fingerprint density at radius 1 is 1.24 bits per heavy atom. The molecular formula is C12H12ClN3O. The third-order valence-corrected chi connectivity index (χ3v) is 2.48. The van der Waals surface area contributed by atoms with Crippen molar-refractivity contribution in [2.24, 2.45) is 0 Å². The summed E-state index contributed by atoms with van der Waals surface area (Å²) in [6, 6.07) is 7.17. The van der Waals surface area contributed by atoms with Crippen LogP contribution in [0.4, 0.5) is 5.82 Å². The molecule has 0 saturated heterocycles. The summed E-state index contributed by atoms with van der Waals surface area (Å²) in [7, 11) is 1.79. The lowest BCUT2D eigenvalue weighted by atomic mass is 10.2. The van der Waals surface area contributed by atoms with Crippen LogP contribution in [0.1, 0.15) is 5.56 Å². The van der Waals surface area contributed by atoms with Gasteiger partial charge in [0.2, 0.25) is 5.88 Å². The van der Waals surface area contributed by atoms with Crippen LogP contribution in [-0.4, -0.2) is 17.0 Å². The van der Waals surface area contributed by atoms with Crippen molar-refractivity contribution in [3.8, 4) is 11.6 Å². The van der Waals surface area contributed by atoms with E-state index in [0.29, 0.717) is 16.7 Å². The molecule has 0 bridgehead atoms. The number of aromatic nitrogens is 2. The molecule has 0 radical (unpaired) electrons. The van der Waals surface area contributed by atoms with Crippen LogP contribution < -0.4 is 10.1 Å². The topological polar surface area (TPSA) is 47.0 Å². The lowest BCUT2D eigenvalue weighted by Crippen LogP contribution is -1.95. The van der Waals surface area contributed by atoms with Crippen molar-refractivity contribution >= 4 is 17.4 Å². The number of anilines is 1. The number of benzene rings is 1. The molecular weight excluding hydrogens is 238 g/mol. The molecule has 0 unspecified atom stereocenters. The first-order valence-electron chi connectivity index (χ1n) is 5.13. The van der Waals surface area contributed by atoms with Gasteiger partial charge < -0.3 is 10.1 Å². The molecule has 0 atom stereocenters. The molecule has 5 heteroatoms. The highest BCUT2D eigenvalue weighted by molar-refractivity contribution is 6.30. The lowest BCUT2D eigenvalue weighted by molar-refractivity contribution is 0.458. The highest BCUT2D eigenvalue weighted by Crippen LogP contribution is 2.26. The van der Waals surface area contributed by atoms with E-state index in [4.69, 9.17) is 16.3 Å². The summed E-state index contributed by atoms with van der Waals surface area (Å²) in [4.78, 5) is 8.05. The molecule has 2 aromatic rings. The Morgan fingerprint density at radius 2 is 2.06 bits per heavy atom. The molecule has 0 aliphatic heterocycles. The van der Waals surface area contributed by atoms with Crippen molar-refractivity contribution in [3.05, 3.63) is 41.2 Å². The van der Waals surface area contributed by atoms with Gasteiger partial charge in [-0.3, -0.25) is 0 Å². The third-order valence-electron chi connectivity index (χ3n) is 2.25. The van der Waals surface area contributed by atoms with Crippen LogP contribution in [0.25, 0.3) is 0 Å². The fourth-order valence-electron chi connectivity index (χ4n) is 1.37. The van der Waals surface area contributed by atoms with E-state index >= 15 is 0 Å². The zero-order valence-electron chi connectivity index (χ0n) is 9.57. The number of rotatable bonds is 3. The second-order valence-corrected chi connectivity index (χ2v) is 3.94. The molecule has 0 aliphatic rings. The molecule has 4 nitrogen and oxygen atoms in total. The second-order valence-electron chi connectivity index (χ2n) is 3.50. The smallest absolute Gasteiger partial charge is 0.224 e. The third kappa shape index (κ3) is 2.85. The summed E-state index contributed by atoms with van der Waals surface area (Å²) >= 11 is 5.88. The Labute approximate surface area is 105 Å². The molecule has 0 fully saturated rings. The van der Waals surface area contributed by atoms with E-state index in [2.05, 4.69) is 15.3 Å². The van der Waals surface area contributed by atoms with Crippen molar-refractivity contribution in [2.75, 3.05) is 12.4 Å². The highest BCUT2D eigenvalue weighted by Gasteiger charge is 2.04. The number of ether oxygens (including phenoxy) is 1. The minimum absolute atomic E-state index is 0.495. The summed E-state index contributed by atoms with van der Waals surface area (Å²) in [6.07, 6.45) is 1.45. The van der Waals surface area contributed by atoms with Gasteiger partial charge >= 0.3 is 0 Å². The molecule has 0 aliphatic carbocycles. The van der Waals surface area contributed by atoms with Gasteiger partial charge in [0.15, 0.2) is 0 Å². The van der Waals surface area contributed by atoms with Crippen molar-refractivity contribution in [1.82, 2.24) is 9.97 Å². The van der Waals surface area contributed by atoms with Crippen molar-refractivity contribution in [1.29, 1.82) is 0 Å². The summed E-state index contributed by atoms with van der Waals surface area (Å²) in [6.45, 7) is 1.93. The van der Waals surface area contributed by atoms with Crippen LogP contribution >= 0.6 is 11.6 Å².